The van der Waals surface area contributed by atoms with Crippen LogP contribution in [0.4, 0.5) is 4.79 Å². The maximum Gasteiger partial charge on any atom is 0.417 e. The van der Waals surface area contributed by atoms with Crippen LogP contribution in [0.25, 0.3) is 0 Å². The summed E-state index contributed by atoms with van der Waals surface area (Å²) < 4.78 is 13.4. The number of aromatic nitrogens is 1. The molecule has 2 aromatic rings. The lowest BCUT2D eigenvalue weighted by Crippen LogP contribution is -3.00. The largest absolute Gasteiger partial charge is 1.00 e. The van der Waals surface area contributed by atoms with E-state index in [0.29, 0.717) is 17.4 Å². The second-order valence-corrected chi connectivity index (χ2v) is 11.0. The van der Waals surface area contributed by atoms with E-state index in [1.165, 1.54) is 71.1 Å². The number of rotatable bonds is 20. The molecule has 0 atom stereocenters. The monoisotopic (exact) mass is 700 g/mol. The van der Waals surface area contributed by atoms with Crippen molar-refractivity contribution in [3.63, 3.8) is 0 Å². The molecule has 0 aliphatic heterocycles. The highest BCUT2D eigenvalue weighted by molar-refractivity contribution is 6.32. The molecule has 0 spiro atoms. The molecule has 0 aliphatic carbocycles. The quantitative estimate of drug-likeness (QED) is 0.0995. The van der Waals surface area contributed by atoms with Crippen molar-refractivity contribution in [2.24, 2.45) is 0 Å². The number of benzene rings is 1. The predicted octanol–water partition coefficient (Wildman–Crippen LogP) is 5.81. The van der Waals surface area contributed by atoms with Crippen molar-refractivity contribution in [3.8, 4) is 5.75 Å². The molecule has 8 heteroatoms. The van der Waals surface area contributed by atoms with Crippen molar-refractivity contribution in [2.75, 3.05) is 6.61 Å². The molecule has 0 bridgehead atoms. The zero-order chi connectivity index (χ0) is 29.0. The van der Waals surface area contributed by atoms with Gasteiger partial charge in [-0.3, -0.25) is 4.79 Å². The Morgan fingerprint density at radius 1 is 0.854 bits per heavy atom. The first kappa shape index (κ1) is 37.2. The smallest absolute Gasteiger partial charge is 0.417 e. The van der Waals surface area contributed by atoms with Crippen LogP contribution in [0, 0.1) is 0 Å². The Balaban J connectivity index is 0.00000840. The van der Waals surface area contributed by atoms with Crippen molar-refractivity contribution >= 4 is 23.6 Å². The van der Waals surface area contributed by atoms with E-state index in [9.17, 15) is 9.59 Å². The van der Waals surface area contributed by atoms with Crippen LogP contribution < -0.4 is 33.3 Å². The molecule has 2 rings (SSSR count). The molecule has 0 fully saturated rings. The minimum Gasteiger partial charge on any atom is -1.00 e. The fraction of sp³-hybridized carbons (Fsp3) is 0.606. The molecule has 2 amide bonds. The van der Waals surface area contributed by atoms with Crippen LogP contribution in [-0.2, 0) is 29.2 Å². The lowest BCUT2D eigenvalue weighted by Gasteiger charge is -2.18. The highest BCUT2D eigenvalue weighted by atomic mass is 127. The van der Waals surface area contributed by atoms with E-state index in [1.807, 2.05) is 41.2 Å². The highest BCUT2D eigenvalue weighted by Crippen LogP contribution is 2.26. The van der Waals surface area contributed by atoms with Crippen LogP contribution in [0.3, 0.4) is 0 Å². The van der Waals surface area contributed by atoms with E-state index in [0.717, 1.165) is 41.8 Å². The Labute approximate surface area is 270 Å². The number of carbonyl (C=O) groups excluding carboxylic acids is 2. The molecule has 6 nitrogen and oxygen atoms in total. The number of imide groups is 1. The van der Waals surface area contributed by atoms with E-state index in [2.05, 4.69) is 13.8 Å². The third-order valence-electron chi connectivity index (χ3n) is 6.96. The number of aryl methyl sites for hydroxylation is 1. The first-order valence-corrected chi connectivity index (χ1v) is 15.7. The van der Waals surface area contributed by atoms with E-state index >= 15 is 0 Å². The van der Waals surface area contributed by atoms with Crippen molar-refractivity contribution in [2.45, 2.75) is 124 Å². The molecule has 0 N–H and O–H groups in total. The molecule has 41 heavy (non-hydrogen) atoms. The summed E-state index contributed by atoms with van der Waals surface area (Å²) in [7, 11) is 0. The average Bonchev–Trinajstić information content (AvgIpc) is 2.94. The summed E-state index contributed by atoms with van der Waals surface area (Å²) in [6, 6.07) is 9.20. The second kappa shape index (κ2) is 22.7. The fourth-order valence-electron chi connectivity index (χ4n) is 4.65. The first-order chi connectivity index (χ1) is 19.4. The normalized spacial score (nSPS) is 10.6. The Hall–Kier alpha value is -1.87. The molecule has 0 aliphatic rings. The fourth-order valence-corrected chi connectivity index (χ4v) is 4.91. The predicted molar refractivity (Wildman–Crippen MR) is 161 cm³/mol. The molecule has 0 radical (unpaired) electrons. The Morgan fingerprint density at radius 2 is 1.49 bits per heavy atom. The zero-order valence-electron chi connectivity index (χ0n) is 25.3. The Kier molecular flexibility index (Phi) is 20.6. The SMILES string of the molecule is CCCCCCCCCCCCCCOc1ccc(COC(=O)N(Cc2ccc[n+](CCC)c2)C(C)=O)cc1Cl.[I-]. The maximum atomic E-state index is 12.7. The standard InChI is InChI=1S/C33H50ClN2O4.HI/c1-4-6-7-8-9-10-11-12-13-14-15-16-23-39-32-20-19-29(24-31(32)34)27-40-33(38)36(28(3)37)26-30-18-17-22-35(25-30)21-5-2;/h17-20,22,24-25H,4-16,21,23,26-27H2,1-3H3;1H/q+1;/p-1. The molecular weight excluding hydrogens is 651 g/mol. The number of carbonyl (C=O) groups is 2. The molecule has 1 heterocycles. The number of nitrogens with zero attached hydrogens (tertiary/aromatic N) is 2. The third-order valence-corrected chi connectivity index (χ3v) is 7.25. The number of ether oxygens (including phenoxy) is 2. The summed E-state index contributed by atoms with van der Waals surface area (Å²) in [5.41, 5.74) is 1.60. The van der Waals surface area contributed by atoms with Crippen LogP contribution in [-0.4, -0.2) is 23.5 Å². The second-order valence-electron chi connectivity index (χ2n) is 10.6. The summed E-state index contributed by atoms with van der Waals surface area (Å²) in [5.74, 6) is 0.269. The number of hydrogen-bond donors (Lipinski definition) is 0. The summed E-state index contributed by atoms with van der Waals surface area (Å²) in [6.45, 7) is 7.42. The van der Waals surface area contributed by atoms with Gasteiger partial charge in [-0.15, -0.1) is 0 Å². The molecule has 1 aromatic carbocycles. The summed E-state index contributed by atoms with van der Waals surface area (Å²) in [5, 5.41) is 0.487. The first-order valence-electron chi connectivity index (χ1n) is 15.3. The Morgan fingerprint density at radius 3 is 2.07 bits per heavy atom. The number of unbranched alkanes of at least 4 members (excludes halogenated alkanes) is 11. The average molecular weight is 701 g/mol. The van der Waals surface area contributed by atoms with Gasteiger partial charge >= 0.3 is 6.09 Å². The van der Waals surface area contributed by atoms with Gasteiger partial charge in [-0.2, -0.15) is 0 Å². The van der Waals surface area contributed by atoms with Gasteiger partial charge in [0.2, 0.25) is 5.91 Å². The van der Waals surface area contributed by atoms with Gasteiger partial charge in [0.05, 0.1) is 18.2 Å². The van der Waals surface area contributed by atoms with Crippen molar-refractivity contribution in [1.29, 1.82) is 0 Å². The van der Waals surface area contributed by atoms with E-state index in [4.69, 9.17) is 21.1 Å². The molecular formula is C33H50ClIN2O4. The minimum atomic E-state index is -0.679. The number of pyridine rings is 1. The maximum absolute atomic E-state index is 12.7. The molecule has 0 saturated carbocycles. The molecule has 230 valence electrons. The van der Waals surface area contributed by atoms with Crippen molar-refractivity contribution in [1.82, 2.24) is 4.90 Å². The van der Waals surface area contributed by atoms with E-state index in [1.54, 1.807) is 6.07 Å². The summed E-state index contributed by atoms with van der Waals surface area (Å²) in [4.78, 5) is 26.0. The Bertz CT molecular complexity index is 1020. The van der Waals surface area contributed by atoms with E-state index in [-0.39, 0.29) is 43.0 Å². The molecule has 0 saturated heterocycles. The van der Waals surface area contributed by atoms with Crippen LogP contribution in [0.5, 0.6) is 5.75 Å². The summed E-state index contributed by atoms with van der Waals surface area (Å²) in [6.07, 6.45) is 19.9. The number of hydrogen-bond acceptors (Lipinski definition) is 4. The van der Waals surface area contributed by atoms with E-state index < -0.39 is 6.09 Å². The van der Waals surface area contributed by atoms with Crippen molar-refractivity contribution < 1.29 is 47.6 Å². The summed E-state index contributed by atoms with van der Waals surface area (Å²) >= 11 is 6.42. The molecule has 0 unspecified atom stereocenters. The van der Waals surface area contributed by atoms with Crippen molar-refractivity contribution in [3.05, 3.63) is 58.9 Å². The lowest BCUT2D eigenvalue weighted by molar-refractivity contribution is -0.697. The van der Waals surface area contributed by atoms with Gasteiger partial charge in [0, 0.05) is 25.0 Å². The third kappa shape index (κ3) is 15.8. The number of amides is 2. The van der Waals surface area contributed by atoms with Gasteiger partial charge in [-0.1, -0.05) is 102 Å². The van der Waals surface area contributed by atoms with Crippen LogP contribution in [0.1, 0.15) is 115 Å². The van der Waals surface area contributed by atoms with Gasteiger partial charge in [-0.25, -0.2) is 14.3 Å². The van der Waals surface area contributed by atoms with Gasteiger partial charge in [-0.05, 0) is 30.2 Å². The topological polar surface area (TPSA) is 59.7 Å². The van der Waals surface area contributed by atoms with Gasteiger partial charge < -0.3 is 33.5 Å². The zero-order valence-corrected chi connectivity index (χ0v) is 28.3. The number of halogens is 2. The molecule has 1 aromatic heterocycles. The minimum absolute atomic E-state index is 0. The van der Waals surface area contributed by atoms with Gasteiger partial charge in [0.1, 0.15) is 18.9 Å². The lowest BCUT2D eigenvalue weighted by atomic mass is 10.1. The highest BCUT2D eigenvalue weighted by Gasteiger charge is 2.21. The van der Waals surface area contributed by atoms with Gasteiger partial charge in [0.15, 0.2) is 12.4 Å². The van der Waals surface area contributed by atoms with Crippen LogP contribution >= 0.6 is 11.6 Å². The van der Waals surface area contributed by atoms with Crippen LogP contribution in [0.15, 0.2) is 42.7 Å². The van der Waals surface area contributed by atoms with Crippen LogP contribution in [0.2, 0.25) is 5.02 Å². The van der Waals surface area contributed by atoms with Gasteiger partial charge in [0.25, 0.3) is 0 Å².